The van der Waals surface area contributed by atoms with Gasteiger partial charge in [0.05, 0.1) is 12.4 Å². The number of aromatic amines is 1. The first-order valence-electron chi connectivity index (χ1n) is 13.1. The van der Waals surface area contributed by atoms with Crippen LogP contribution in [0.2, 0.25) is 0 Å². The zero-order chi connectivity index (χ0) is 30.1. The summed E-state index contributed by atoms with van der Waals surface area (Å²) < 4.78 is 85.8. The first-order chi connectivity index (χ1) is 19.9. The number of anilines is 2. The van der Waals surface area contributed by atoms with E-state index in [9.17, 15) is 35.9 Å². The van der Waals surface area contributed by atoms with E-state index in [1.807, 2.05) is 5.10 Å². The Balaban J connectivity index is 1.31. The molecule has 2 aromatic heterocycles. The summed E-state index contributed by atoms with van der Waals surface area (Å²) in [5.74, 6) is -0.507. The molecule has 0 saturated carbocycles. The van der Waals surface area contributed by atoms with Crippen LogP contribution in [0.4, 0.5) is 37.8 Å². The van der Waals surface area contributed by atoms with Crippen LogP contribution in [0.3, 0.4) is 0 Å². The van der Waals surface area contributed by atoms with Gasteiger partial charge in [0.15, 0.2) is 11.3 Å². The van der Waals surface area contributed by atoms with Crippen molar-refractivity contribution in [2.45, 2.75) is 31.6 Å². The normalized spacial score (nSPS) is 16.5. The minimum Gasteiger partial charge on any atom is -0.436 e. The number of H-pyrrole nitrogens is 1. The molecule has 0 atom stereocenters. The van der Waals surface area contributed by atoms with Gasteiger partial charge in [0.1, 0.15) is 17.3 Å². The SMILES string of the molecule is O=C(c1cccc(Oc2n[nH]c(=O)c(C(F)(F)F)c2N2CCCCC2)c1)N1CCN(c2cnc(C(F)(F)F)cn2)CC1. The molecule has 2 aliphatic heterocycles. The van der Waals surface area contributed by atoms with Crippen LogP contribution in [-0.4, -0.2) is 70.2 Å². The largest absolute Gasteiger partial charge is 0.436 e. The zero-order valence-corrected chi connectivity index (χ0v) is 22.0. The van der Waals surface area contributed by atoms with Crippen molar-refractivity contribution in [2.75, 3.05) is 49.1 Å². The molecule has 5 rings (SSSR count). The van der Waals surface area contributed by atoms with E-state index in [0.29, 0.717) is 45.2 Å². The van der Waals surface area contributed by atoms with Crippen molar-refractivity contribution in [2.24, 2.45) is 0 Å². The highest BCUT2D eigenvalue weighted by atomic mass is 19.4. The third kappa shape index (κ3) is 6.26. The van der Waals surface area contributed by atoms with E-state index in [-0.39, 0.29) is 36.1 Å². The molecule has 16 heteroatoms. The van der Waals surface area contributed by atoms with Gasteiger partial charge in [-0.15, -0.1) is 5.10 Å². The summed E-state index contributed by atoms with van der Waals surface area (Å²) in [5.41, 5.74) is -4.10. The van der Waals surface area contributed by atoms with E-state index in [1.165, 1.54) is 34.1 Å². The maximum Gasteiger partial charge on any atom is 0.434 e. The van der Waals surface area contributed by atoms with Gasteiger partial charge in [0.2, 0.25) is 0 Å². The quantitative estimate of drug-likeness (QED) is 0.433. The Morgan fingerprint density at radius 1 is 0.857 bits per heavy atom. The molecule has 42 heavy (non-hydrogen) atoms. The second-order valence-electron chi connectivity index (χ2n) is 9.79. The van der Waals surface area contributed by atoms with Crippen molar-refractivity contribution in [1.29, 1.82) is 0 Å². The second kappa shape index (κ2) is 11.5. The van der Waals surface area contributed by atoms with Crippen LogP contribution in [-0.2, 0) is 12.4 Å². The van der Waals surface area contributed by atoms with E-state index < -0.39 is 40.7 Å². The Morgan fingerprint density at radius 3 is 2.19 bits per heavy atom. The van der Waals surface area contributed by atoms with Crippen LogP contribution < -0.4 is 20.1 Å². The number of rotatable bonds is 5. The van der Waals surface area contributed by atoms with E-state index in [4.69, 9.17) is 4.74 Å². The van der Waals surface area contributed by atoms with Crippen molar-refractivity contribution in [3.8, 4) is 11.6 Å². The van der Waals surface area contributed by atoms with Gasteiger partial charge in [0, 0.05) is 44.8 Å². The molecule has 0 unspecified atom stereocenters. The lowest BCUT2D eigenvalue weighted by molar-refractivity contribution is -0.141. The summed E-state index contributed by atoms with van der Waals surface area (Å²) in [4.78, 5) is 37.4. The molecule has 3 aromatic rings. The summed E-state index contributed by atoms with van der Waals surface area (Å²) >= 11 is 0. The summed E-state index contributed by atoms with van der Waals surface area (Å²) in [6.07, 6.45) is -5.72. The standard InChI is InChI=1S/C26H25F6N7O3/c27-25(28,29)18-14-34-19(15-33-18)37-9-11-39(12-10-37)24(41)16-5-4-6-17(13-16)42-23-21(38-7-2-1-3-8-38)20(26(30,31)32)22(40)35-36-23/h4-6,13-15H,1-3,7-12H2,(H,35,40). The third-order valence-electron chi connectivity index (χ3n) is 7.00. The number of ether oxygens (including phenoxy) is 1. The topological polar surface area (TPSA) is 108 Å². The molecule has 10 nitrogen and oxygen atoms in total. The molecule has 0 radical (unpaired) electrons. The fraction of sp³-hybridized carbons (Fsp3) is 0.423. The van der Waals surface area contributed by atoms with Crippen LogP contribution in [0.5, 0.6) is 11.6 Å². The molecule has 0 bridgehead atoms. The molecular formula is C26H25F6N7O3. The number of hydrogen-bond acceptors (Lipinski definition) is 8. The molecule has 0 spiro atoms. The smallest absolute Gasteiger partial charge is 0.434 e. The number of nitrogens with one attached hydrogen (secondary N) is 1. The maximum absolute atomic E-state index is 13.9. The molecule has 1 aromatic carbocycles. The first kappa shape index (κ1) is 29.1. The average Bonchev–Trinajstić information content (AvgIpc) is 2.97. The van der Waals surface area contributed by atoms with Crippen LogP contribution in [0, 0.1) is 0 Å². The Bertz CT molecular complexity index is 1480. The van der Waals surface area contributed by atoms with Crippen molar-refractivity contribution in [1.82, 2.24) is 25.1 Å². The number of halogens is 6. The Kier molecular flexibility index (Phi) is 7.97. The van der Waals surface area contributed by atoms with E-state index >= 15 is 0 Å². The number of aromatic nitrogens is 4. The molecule has 1 N–H and O–H groups in total. The number of piperidine rings is 1. The number of benzene rings is 1. The number of piperazine rings is 1. The first-order valence-corrected chi connectivity index (χ1v) is 13.1. The van der Waals surface area contributed by atoms with Gasteiger partial charge in [-0.1, -0.05) is 6.07 Å². The van der Waals surface area contributed by atoms with E-state index in [0.717, 1.165) is 12.6 Å². The van der Waals surface area contributed by atoms with Crippen LogP contribution >= 0.6 is 0 Å². The van der Waals surface area contributed by atoms with Crippen molar-refractivity contribution >= 4 is 17.4 Å². The summed E-state index contributed by atoms with van der Waals surface area (Å²) in [5, 5.41) is 5.64. The lowest BCUT2D eigenvalue weighted by Crippen LogP contribution is -2.49. The van der Waals surface area contributed by atoms with Gasteiger partial charge in [-0.25, -0.2) is 15.1 Å². The van der Waals surface area contributed by atoms with E-state index in [1.54, 1.807) is 4.90 Å². The van der Waals surface area contributed by atoms with Crippen molar-refractivity contribution in [3.05, 3.63) is 63.8 Å². The summed E-state index contributed by atoms with van der Waals surface area (Å²) in [6.45, 7) is 1.66. The zero-order valence-electron chi connectivity index (χ0n) is 22.0. The Morgan fingerprint density at radius 2 is 1.57 bits per heavy atom. The number of amides is 1. The number of carbonyl (C=O) groups is 1. The number of carbonyl (C=O) groups excluding carboxylic acids is 1. The third-order valence-corrected chi connectivity index (χ3v) is 7.00. The van der Waals surface area contributed by atoms with Crippen molar-refractivity contribution < 1.29 is 35.9 Å². The Hall–Kier alpha value is -4.37. The minimum atomic E-state index is -4.95. The number of nitrogens with zero attached hydrogens (tertiary/aromatic N) is 6. The van der Waals surface area contributed by atoms with Crippen LogP contribution in [0.1, 0.15) is 40.9 Å². The predicted molar refractivity (Wildman–Crippen MR) is 138 cm³/mol. The summed E-state index contributed by atoms with van der Waals surface area (Å²) in [6, 6.07) is 5.86. The lowest BCUT2D eigenvalue weighted by atomic mass is 10.1. The van der Waals surface area contributed by atoms with E-state index in [2.05, 4.69) is 15.1 Å². The fourth-order valence-corrected chi connectivity index (χ4v) is 4.93. The highest BCUT2D eigenvalue weighted by molar-refractivity contribution is 5.94. The van der Waals surface area contributed by atoms with Crippen LogP contribution in [0.15, 0.2) is 41.5 Å². The van der Waals surface area contributed by atoms with Crippen molar-refractivity contribution in [3.63, 3.8) is 0 Å². The highest BCUT2D eigenvalue weighted by Crippen LogP contribution is 2.41. The highest BCUT2D eigenvalue weighted by Gasteiger charge is 2.41. The van der Waals surface area contributed by atoms with Gasteiger partial charge in [-0.05, 0) is 37.5 Å². The predicted octanol–water partition coefficient (Wildman–Crippen LogP) is 4.34. The Labute approximate surface area is 234 Å². The molecule has 0 aliphatic carbocycles. The minimum absolute atomic E-state index is 0.0467. The average molecular weight is 598 g/mol. The van der Waals surface area contributed by atoms with Gasteiger partial charge >= 0.3 is 12.4 Å². The van der Waals surface area contributed by atoms with Gasteiger partial charge in [0.25, 0.3) is 17.3 Å². The summed E-state index contributed by atoms with van der Waals surface area (Å²) in [7, 11) is 0. The molecule has 224 valence electrons. The fourth-order valence-electron chi connectivity index (χ4n) is 4.93. The monoisotopic (exact) mass is 597 g/mol. The molecule has 2 fully saturated rings. The number of alkyl halides is 6. The molecule has 2 saturated heterocycles. The second-order valence-corrected chi connectivity index (χ2v) is 9.79. The molecule has 1 amide bonds. The molecular weight excluding hydrogens is 572 g/mol. The molecule has 2 aliphatic rings. The van der Waals surface area contributed by atoms with Crippen LogP contribution in [0.25, 0.3) is 0 Å². The van der Waals surface area contributed by atoms with Gasteiger partial charge in [-0.2, -0.15) is 26.3 Å². The molecule has 4 heterocycles. The maximum atomic E-state index is 13.9. The van der Waals surface area contributed by atoms with Gasteiger partial charge in [-0.3, -0.25) is 9.59 Å². The number of hydrogen-bond donors (Lipinski definition) is 1. The van der Waals surface area contributed by atoms with Gasteiger partial charge < -0.3 is 19.4 Å². The lowest BCUT2D eigenvalue weighted by Gasteiger charge is -2.35.